The van der Waals surface area contributed by atoms with Crippen LogP contribution in [0.3, 0.4) is 0 Å². The molecule has 0 saturated carbocycles. The van der Waals surface area contributed by atoms with Crippen molar-refractivity contribution in [3.05, 3.63) is 59.6 Å². The van der Waals surface area contributed by atoms with E-state index in [2.05, 4.69) is 15.0 Å². The molecule has 2 unspecified atom stereocenters. The SMILES string of the molecule is CN(C)CCn1cc(-c2ccc(F)c(C(F)(F)F)c2)nc1C1CCN(c2ncc(C(N)=O)cn2)CC1F. The van der Waals surface area contributed by atoms with Crippen LogP contribution in [0.2, 0.25) is 0 Å². The molecular weight excluding hydrogens is 497 g/mol. The zero-order valence-corrected chi connectivity index (χ0v) is 20.2. The quantitative estimate of drug-likeness (QED) is 0.477. The van der Waals surface area contributed by atoms with Gasteiger partial charge in [0.15, 0.2) is 0 Å². The van der Waals surface area contributed by atoms with Gasteiger partial charge >= 0.3 is 6.18 Å². The number of hydrogen-bond acceptors (Lipinski definition) is 6. The fraction of sp³-hybridized carbons (Fsp3) is 0.417. The predicted octanol–water partition coefficient (Wildman–Crippen LogP) is 3.49. The van der Waals surface area contributed by atoms with Gasteiger partial charge < -0.3 is 20.1 Å². The molecule has 3 aromatic rings. The number of carbonyl (C=O) groups excluding carboxylic acids is 1. The molecule has 0 aliphatic carbocycles. The van der Waals surface area contributed by atoms with Crippen molar-refractivity contribution in [2.24, 2.45) is 5.73 Å². The molecule has 2 aromatic heterocycles. The van der Waals surface area contributed by atoms with E-state index < -0.39 is 35.6 Å². The summed E-state index contributed by atoms with van der Waals surface area (Å²) < 4.78 is 70.9. The zero-order valence-electron chi connectivity index (χ0n) is 20.2. The molecule has 13 heteroatoms. The number of anilines is 1. The van der Waals surface area contributed by atoms with Crippen molar-refractivity contribution in [3.8, 4) is 11.3 Å². The highest BCUT2D eigenvalue weighted by Gasteiger charge is 2.36. The molecule has 1 fully saturated rings. The number of aromatic nitrogens is 4. The summed E-state index contributed by atoms with van der Waals surface area (Å²) in [6.07, 6.45) is -1.75. The molecule has 2 N–H and O–H groups in total. The monoisotopic (exact) mass is 523 g/mol. The molecule has 0 bridgehead atoms. The van der Waals surface area contributed by atoms with Crippen LogP contribution in [0, 0.1) is 5.82 Å². The van der Waals surface area contributed by atoms with E-state index in [9.17, 15) is 22.4 Å². The minimum atomic E-state index is -4.86. The van der Waals surface area contributed by atoms with Crippen LogP contribution in [0.1, 0.15) is 34.1 Å². The third kappa shape index (κ3) is 5.87. The van der Waals surface area contributed by atoms with Crippen LogP contribution >= 0.6 is 0 Å². The van der Waals surface area contributed by atoms with Crippen molar-refractivity contribution in [1.82, 2.24) is 24.4 Å². The fourth-order valence-electron chi connectivity index (χ4n) is 4.24. The number of alkyl halides is 4. The Morgan fingerprint density at radius 2 is 1.92 bits per heavy atom. The van der Waals surface area contributed by atoms with Gasteiger partial charge in [0.05, 0.1) is 29.3 Å². The van der Waals surface area contributed by atoms with Crippen LogP contribution in [-0.2, 0) is 12.7 Å². The molecule has 1 aliphatic heterocycles. The van der Waals surface area contributed by atoms with Gasteiger partial charge in [0.1, 0.15) is 17.8 Å². The summed E-state index contributed by atoms with van der Waals surface area (Å²) in [7, 11) is 3.74. The second kappa shape index (κ2) is 10.4. The Labute approximate surface area is 209 Å². The number of rotatable bonds is 7. The molecule has 2 atom stereocenters. The molecule has 0 spiro atoms. The first kappa shape index (κ1) is 26.5. The number of likely N-dealkylation sites (N-methyl/N-ethyl adjacent to an activating group) is 1. The van der Waals surface area contributed by atoms with E-state index in [0.29, 0.717) is 31.9 Å². The van der Waals surface area contributed by atoms with Gasteiger partial charge in [-0.2, -0.15) is 13.2 Å². The van der Waals surface area contributed by atoms with Gasteiger partial charge in [-0.25, -0.2) is 23.7 Å². The summed E-state index contributed by atoms with van der Waals surface area (Å²) in [5.41, 5.74) is 4.26. The number of nitrogens with zero attached hydrogens (tertiary/aromatic N) is 6. The standard InChI is InChI=1S/C24H26F5N7O/c1-34(2)7-8-35-13-20(14-3-4-18(25)17(9-14)24(27,28)29)33-22(35)16-5-6-36(12-19(16)26)23-31-10-15(11-32-23)21(30)37/h3-4,9-11,13,16,19H,5-8,12H2,1-2H3,(H2,30,37). The van der Waals surface area contributed by atoms with Gasteiger partial charge in [-0.3, -0.25) is 4.79 Å². The lowest BCUT2D eigenvalue weighted by Gasteiger charge is -2.34. The van der Waals surface area contributed by atoms with E-state index in [1.807, 2.05) is 19.0 Å². The second-order valence-electron chi connectivity index (χ2n) is 9.17. The zero-order chi connectivity index (χ0) is 26.9. The Hall–Kier alpha value is -3.61. The summed E-state index contributed by atoms with van der Waals surface area (Å²) in [6.45, 7) is 1.39. The van der Waals surface area contributed by atoms with Gasteiger partial charge in [-0.15, -0.1) is 0 Å². The van der Waals surface area contributed by atoms with Gasteiger partial charge in [0.25, 0.3) is 5.91 Å². The number of benzene rings is 1. The minimum absolute atomic E-state index is 0.0365. The van der Waals surface area contributed by atoms with Gasteiger partial charge in [0, 0.05) is 43.8 Å². The van der Waals surface area contributed by atoms with E-state index in [4.69, 9.17) is 5.73 Å². The molecule has 1 amide bonds. The maximum absolute atomic E-state index is 15.5. The van der Waals surface area contributed by atoms with Crippen LogP contribution in [0.15, 0.2) is 36.8 Å². The second-order valence-corrected chi connectivity index (χ2v) is 9.17. The van der Waals surface area contributed by atoms with Crippen LogP contribution in [0.5, 0.6) is 0 Å². The third-order valence-electron chi connectivity index (χ3n) is 6.24. The molecule has 3 heterocycles. The maximum atomic E-state index is 15.5. The van der Waals surface area contributed by atoms with E-state index in [1.165, 1.54) is 18.5 Å². The molecule has 1 saturated heterocycles. The van der Waals surface area contributed by atoms with E-state index >= 15 is 4.39 Å². The number of piperidine rings is 1. The lowest BCUT2D eigenvalue weighted by atomic mass is 9.94. The average Bonchev–Trinajstić information content (AvgIpc) is 3.26. The Balaban J connectivity index is 1.61. The van der Waals surface area contributed by atoms with Crippen molar-refractivity contribution in [1.29, 1.82) is 0 Å². The maximum Gasteiger partial charge on any atom is 0.419 e. The van der Waals surface area contributed by atoms with Crippen LogP contribution in [0.4, 0.5) is 27.9 Å². The third-order valence-corrected chi connectivity index (χ3v) is 6.24. The number of nitrogens with two attached hydrogens (primary N) is 1. The molecule has 1 aromatic carbocycles. The number of hydrogen-bond donors (Lipinski definition) is 1. The minimum Gasteiger partial charge on any atom is -0.366 e. The van der Waals surface area contributed by atoms with Gasteiger partial charge in [-0.1, -0.05) is 0 Å². The van der Waals surface area contributed by atoms with Crippen LogP contribution in [0.25, 0.3) is 11.3 Å². The smallest absolute Gasteiger partial charge is 0.366 e. The van der Waals surface area contributed by atoms with E-state index in [-0.39, 0.29) is 29.3 Å². The van der Waals surface area contributed by atoms with Crippen molar-refractivity contribution >= 4 is 11.9 Å². The Morgan fingerprint density at radius 3 is 2.51 bits per heavy atom. The number of amides is 1. The first-order chi connectivity index (χ1) is 17.4. The normalized spacial score (nSPS) is 18.4. The number of halogens is 5. The summed E-state index contributed by atoms with van der Waals surface area (Å²) in [5.74, 6) is -2.00. The topological polar surface area (TPSA) is 93.2 Å². The Bertz CT molecular complexity index is 1260. The largest absolute Gasteiger partial charge is 0.419 e. The fourth-order valence-corrected chi connectivity index (χ4v) is 4.24. The van der Waals surface area contributed by atoms with Gasteiger partial charge in [-0.05, 0) is 38.7 Å². The summed E-state index contributed by atoms with van der Waals surface area (Å²) in [6, 6.07) is 2.71. The Kier molecular flexibility index (Phi) is 7.44. The lowest BCUT2D eigenvalue weighted by molar-refractivity contribution is -0.139. The molecule has 0 radical (unpaired) electrons. The summed E-state index contributed by atoms with van der Waals surface area (Å²) >= 11 is 0. The van der Waals surface area contributed by atoms with Gasteiger partial charge in [0.2, 0.25) is 5.95 Å². The summed E-state index contributed by atoms with van der Waals surface area (Å²) in [4.78, 5) is 27.5. The Morgan fingerprint density at radius 1 is 1.22 bits per heavy atom. The van der Waals surface area contributed by atoms with Crippen molar-refractivity contribution < 1.29 is 26.7 Å². The first-order valence-corrected chi connectivity index (χ1v) is 11.5. The summed E-state index contributed by atoms with van der Waals surface area (Å²) in [5, 5.41) is 0. The number of primary amides is 1. The molecule has 198 valence electrons. The number of carbonyl (C=O) groups is 1. The van der Waals surface area contributed by atoms with Crippen molar-refractivity contribution in [3.63, 3.8) is 0 Å². The average molecular weight is 524 g/mol. The van der Waals surface area contributed by atoms with E-state index in [1.54, 1.807) is 15.7 Å². The molecular formula is C24H26F5N7O. The highest BCUT2D eigenvalue weighted by Crippen LogP contribution is 2.36. The number of imidazole rings is 1. The predicted molar refractivity (Wildman–Crippen MR) is 126 cm³/mol. The van der Waals surface area contributed by atoms with Crippen LogP contribution < -0.4 is 10.6 Å². The van der Waals surface area contributed by atoms with E-state index in [0.717, 1.165) is 12.1 Å². The van der Waals surface area contributed by atoms with Crippen LogP contribution in [-0.4, -0.2) is 70.2 Å². The molecule has 37 heavy (non-hydrogen) atoms. The van der Waals surface area contributed by atoms with Crippen molar-refractivity contribution in [2.45, 2.75) is 31.2 Å². The first-order valence-electron chi connectivity index (χ1n) is 11.5. The highest BCUT2D eigenvalue weighted by molar-refractivity contribution is 5.92. The lowest BCUT2D eigenvalue weighted by Crippen LogP contribution is -2.42. The van der Waals surface area contributed by atoms with Crippen molar-refractivity contribution in [2.75, 3.05) is 38.6 Å². The molecule has 1 aliphatic rings. The highest BCUT2D eigenvalue weighted by atomic mass is 19.4. The molecule has 8 nitrogen and oxygen atoms in total. The molecule has 4 rings (SSSR count).